The van der Waals surface area contributed by atoms with Crippen molar-refractivity contribution >= 4 is 33.6 Å². The number of hydrogen-bond acceptors (Lipinski definition) is 8. The maximum Gasteiger partial charge on any atom is 0.407 e. The number of alkyl halides is 2. The Bertz CT molecular complexity index is 1930. The van der Waals surface area contributed by atoms with Crippen molar-refractivity contribution in [3.63, 3.8) is 0 Å². The minimum atomic E-state index is -1.36. The fourth-order valence-electron chi connectivity index (χ4n) is 8.33. The van der Waals surface area contributed by atoms with Crippen LogP contribution in [0, 0.1) is 11.6 Å². The van der Waals surface area contributed by atoms with E-state index in [1.54, 1.807) is 24.0 Å². The Hall–Kier alpha value is -4.26. The van der Waals surface area contributed by atoms with Gasteiger partial charge in [-0.2, -0.15) is 9.97 Å². The monoisotopic (exact) mass is 664 g/mol. The molecule has 13 heteroatoms. The molecular weight excluding hydrogens is 628 g/mol. The molecule has 2 aromatic heterocycles. The molecule has 1 N–H and O–H groups in total. The summed E-state index contributed by atoms with van der Waals surface area (Å²) in [6.07, 6.45) is 1.34. The van der Waals surface area contributed by atoms with Crippen LogP contribution in [-0.4, -0.2) is 88.8 Å². The number of anilines is 1. The van der Waals surface area contributed by atoms with E-state index < -0.39 is 41.1 Å². The van der Waals surface area contributed by atoms with E-state index in [0.29, 0.717) is 36.6 Å². The lowest BCUT2D eigenvalue weighted by Gasteiger charge is -2.42. The summed E-state index contributed by atoms with van der Waals surface area (Å²) >= 11 is 0. The molecule has 4 aromatic rings. The van der Waals surface area contributed by atoms with E-state index in [0.717, 1.165) is 24.9 Å². The zero-order chi connectivity index (χ0) is 33.2. The van der Waals surface area contributed by atoms with Gasteiger partial charge in [-0.3, -0.25) is 9.88 Å². The van der Waals surface area contributed by atoms with Crippen LogP contribution in [0.4, 0.5) is 28.2 Å². The number of carbonyl (C=O) groups excluding carboxylic acids is 1. The number of nitrogens with one attached hydrogen (secondary N) is 1. The smallest absolute Gasteiger partial charge is 0.407 e. The van der Waals surface area contributed by atoms with Crippen molar-refractivity contribution in [2.45, 2.75) is 68.9 Å². The number of piperidine rings is 1. The molecule has 5 aliphatic rings. The second-order valence-corrected chi connectivity index (χ2v) is 14.0. The minimum Gasteiger partial charge on any atom is -0.461 e. The molecule has 252 valence electrons. The van der Waals surface area contributed by atoms with Gasteiger partial charge in [-0.25, -0.2) is 22.4 Å². The van der Waals surface area contributed by atoms with Crippen molar-refractivity contribution in [3.05, 3.63) is 53.7 Å². The highest BCUT2D eigenvalue weighted by molar-refractivity contribution is 6.01. The fourth-order valence-corrected chi connectivity index (χ4v) is 8.33. The summed E-state index contributed by atoms with van der Waals surface area (Å²) in [7, 11) is 0. The Kier molecular flexibility index (Phi) is 7.57. The highest BCUT2D eigenvalue weighted by Crippen LogP contribution is 2.42. The van der Waals surface area contributed by atoms with Gasteiger partial charge in [-0.1, -0.05) is 18.2 Å². The first-order valence-electron chi connectivity index (χ1n) is 16.5. The number of rotatable bonds is 3. The number of fused-ring (bicyclic) bond motifs is 7. The average Bonchev–Trinajstić information content (AvgIpc) is 3.56. The van der Waals surface area contributed by atoms with Gasteiger partial charge in [-0.15, -0.1) is 0 Å². The Morgan fingerprint density at radius 1 is 1.10 bits per heavy atom. The van der Waals surface area contributed by atoms with Crippen molar-refractivity contribution in [3.8, 4) is 17.3 Å². The van der Waals surface area contributed by atoms with Crippen molar-refractivity contribution in [2.75, 3.05) is 44.3 Å². The third-order valence-electron chi connectivity index (χ3n) is 10.3. The Morgan fingerprint density at radius 3 is 2.83 bits per heavy atom. The lowest BCUT2D eigenvalue weighted by molar-refractivity contribution is 0.107. The summed E-state index contributed by atoms with van der Waals surface area (Å²) < 4.78 is 73.6. The van der Waals surface area contributed by atoms with Crippen molar-refractivity contribution < 1.29 is 31.8 Å². The Balaban J connectivity index is 1.31. The number of ether oxygens (including phenoxy) is 2. The number of hydrogen-bond donors (Lipinski definition) is 1. The van der Waals surface area contributed by atoms with Crippen LogP contribution in [0.25, 0.3) is 32.9 Å². The van der Waals surface area contributed by atoms with Gasteiger partial charge in [-0.05, 0) is 67.6 Å². The molecule has 6 bridgehead atoms. The molecule has 9 rings (SSSR count). The molecule has 0 spiro atoms. The minimum absolute atomic E-state index is 0.0351. The molecule has 3 fully saturated rings. The number of aromatic nitrogens is 3. The van der Waals surface area contributed by atoms with Crippen molar-refractivity contribution in [1.29, 1.82) is 0 Å². The maximum absolute atomic E-state index is 16.9. The standard InChI is InChI=1S/C35H36F4N6O3/c1-34-13-23(37)16-44(18-34)31-26-15-40-29(25-12-22(36)11-21-6-2-5-20(27(21)25)7-3-10-47-33(46)43-34)28(39)30(26)41-32(42-31)48-19-35-8-4-9-45(35)17-24(38)14-35/h2,5-6,11-12,15,23-24H,3-4,7-10,13-14,16-19H2,1H3,(H,43,46)/t23-,24-,34-,35+/m1/s1. The van der Waals surface area contributed by atoms with E-state index >= 15 is 13.2 Å². The summed E-state index contributed by atoms with van der Waals surface area (Å²) in [5.41, 5.74) is -0.723. The largest absolute Gasteiger partial charge is 0.461 e. The number of halogens is 4. The summed E-state index contributed by atoms with van der Waals surface area (Å²) in [5, 5.41) is 4.24. The van der Waals surface area contributed by atoms with E-state index in [-0.39, 0.29) is 66.7 Å². The van der Waals surface area contributed by atoms with Gasteiger partial charge in [0.25, 0.3) is 0 Å². The first-order chi connectivity index (χ1) is 23.1. The van der Waals surface area contributed by atoms with Crippen LogP contribution in [0.5, 0.6) is 6.01 Å². The number of amides is 1. The summed E-state index contributed by atoms with van der Waals surface area (Å²) in [4.78, 5) is 30.3. The molecular formula is C35H36F4N6O3. The molecule has 48 heavy (non-hydrogen) atoms. The summed E-state index contributed by atoms with van der Waals surface area (Å²) in [6, 6.07) is 7.92. The summed E-state index contributed by atoms with van der Waals surface area (Å²) in [5.74, 6) is -1.18. The molecule has 9 nitrogen and oxygen atoms in total. The van der Waals surface area contributed by atoms with Crippen LogP contribution in [0.1, 0.15) is 44.6 Å². The average molecular weight is 665 g/mol. The zero-order valence-electron chi connectivity index (χ0n) is 26.6. The number of benzene rings is 2. The highest BCUT2D eigenvalue weighted by Gasteiger charge is 2.49. The lowest BCUT2D eigenvalue weighted by Crippen LogP contribution is -2.60. The number of pyridine rings is 1. The van der Waals surface area contributed by atoms with Gasteiger partial charge < -0.3 is 19.7 Å². The van der Waals surface area contributed by atoms with Crippen LogP contribution >= 0.6 is 0 Å². The molecule has 4 atom stereocenters. The topological polar surface area (TPSA) is 92.7 Å². The molecule has 0 radical (unpaired) electrons. The molecule has 5 aliphatic heterocycles. The third-order valence-corrected chi connectivity index (χ3v) is 10.3. The van der Waals surface area contributed by atoms with Crippen LogP contribution in [0.15, 0.2) is 36.5 Å². The molecule has 0 aliphatic carbocycles. The SMILES string of the molecule is C[C@@]12C[C@@H](F)CN(C1)c1nc(OC[C@@]34CCCN3C[C@H](F)C4)nc3c(F)c(ncc13)-c1cc(F)cc3cccc(c13)CCCOC(=O)N2. The van der Waals surface area contributed by atoms with E-state index in [1.165, 1.54) is 18.3 Å². The number of alkyl carbamates (subject to hydrolysis) is 1. The molecule has 1 amide bonds. The van der Waals surface area contributed by atoms with Crippen LogP contribution in [-0.2, 0) is 11.2 Å². The van der Waals surface area contributed by atoms with Crippen LogP contribution in [0.3, 0.4) is 0 Å². The second kappa shape index (κ2) is 11.7. The Morgan fingerprint density at radius 2 is 1.96 bits per heavy atom. The van der Waals surface area contributed by atoms with Gasteiger partial charge in [0.2, 0.25) is 0 Å². The quantitative estimate of drug-likeness (QED) is 0.265. The van der Waals surface area contributed by atoms with Crippen molar-refractivity contribution in [2.24, 2.45) is 0 Å². The first-order valence-corrected chi connectivity index (χ1v) is 16.5. The molecule has 7 heterocycles. The predicted molar refractivity (Wildman–Crippen MR) is 172 cm³/mol. The maximum atomic E-state index is 16.9. The van der Waals surface area contributed by atoms with Crippen LogP contribution in [0.2, 0.25) is 0 Å². The molecule has 0 unspecified atom stereocenters. The third kappa shape index (κ3) is 5.45. The van der Waals surface area contributed by atoms with Gasteiger partial charge in [0.1, 0.15) is 41.8 Å². The van der Waals surface area contributed by atoms with Gasteiger partial charge >= 0.3 is 12.1 Å². The number of aryl methyl sites for hydroxylation is 1. The molecule has 3 saturated heterocycles. The summed E-state index contributed by atoms with van der Waals surface area (Å²) in [6.45, 7) is 3.07. The lowest BCUT2D eigenvalue weighted by atomic mass is 9.90. The highest BCUT2D eigenvalue weighted by atomic mass is 19.1. The van der Waals surface area contributed by atoms with E-state index in [2.05, 4.69) is 25.2 Å². The second-order valence-electron chi connectivity index (χ2n) is 14.0. The van der Waals surface area contributed by atoms with Crippen molar-refractivity contribution in [1.82, 2.24) is 25.2 Å². The fraction of sp³-hybridized carbons (Fsp3) is 0.486. The van der Waals surface area contributed by atoms with E-state index in [1.807, 2.05) is 6.07 Å². The van der Waals surface area contributed by atoms with Gasteiger partial charge in [0.15, 0.2) is 5.82 Å². The van der Waals surface area contributed by atoms with E-state index in [9.17, 15) is 9.18 Å². The predicted octanol–water partition coefficient (Wildman–Crippen LogP) is 6.06. The molecule has 2 aromatic carbocycles. The molecule has 0 saturated carbocycles. The van der Waals surface area contributed by atoms with E-state index in [4.69, 9.17) is 9.47 Å². The van der Waals surface area contributed by atoms with Gasteiger partial charge in [0, 0.05) is 37.7 Å². The van der Waals surface area contributed by atoms with Crippen LogP contribution < -0.4 is 15.0 Å². The number of carbonyl (C=O) groups is 1. The zero-order valence-corrected chi connectivity index (χ0v) is 26.6. The normalized spacial score (nSPS) is 27.7. The number of nitrogens with zero attached hydrogens (tertiary/aromatic N) is 5. The first kappa shape index (κ1) is 31.0. The Labute approximate surface area is 274 Å². The van der Waals surface area contributed by atoms with Gasteiger partial charge in [0.05, 0.1) is 29.6 Å².